The molecule has 0 radical (unpaired) electrons. The van der Waals surface area contributed by atoms with Crippen LogP contribution >= 0.6 is 0 Å². The molecule has 0 saturated carbocycles. The Balaban J connectivity index is 2.09. The SMILES string of the molecule is Cc1cc(COC(C)C)cc(N2CCOCC2)c1. The molecule has 1 saturated heterocycles. The van der Waals surface area contributed by atoms with E-state index in [4.69, 9.17) is 9.47 Å². The zero-order valence-electron chi connectivity index (χ0n) is 11.6. The fourth-order valence-electron chi connectivity index (χ4n) is 2.19. The molecule has 3 heteroatoms. The Morgan fingerprint density at radius 1 is 1.22 bits per heavy atom. The van der Waals surface area contributed by atoms with Crippen LogP contribution < -0.4 is 4.90 Å². The molecule has 18 heavy (non-hydrogen) atoms. The minimum Gasteiger partial charge on any atom is -0.378 e. The molecule has 0 aliphatic carbocycles. The van der Waals surface area contributed by atoms with E-state index in [1.807, 2.05) is 0 Å². The summed E-state index contributed by atoms with van der Waals surface area (Å²) >= 11 is 0. The van der Waals surface area contributed by atoms with Crippen LogP contribution in [0.1, 0.15) is 25.0 Å². The molecule has 3 nitrogen and oxygen atoms in total. The highest BCUT2D eigenvalue weighted by Gasteiger charge is 2.12. The second-order valence-corrected chi connectivity index (χ2v) is 5.14. The van der Waals surface area contributed by atoms with Gasteiger partial charge in [0.25, 0.3) is 0 Å². The lowest BCUT2D eigenvalue weighted by atomic mass is 10.1. The molecule has 2 rings (SSSR count). The van der Waals surface area contributed by atoms with Crippen LogP contribution in [-0.4, -0.2) is 32.4 Å². The van der Waals surface area contributed by atoms with Crippen LogP contribution in [0.15, 0.2) is 18.2 Å². The van der Waals surface area contributed by atoms with E-state index in [9.17, 15) is 0 Å². The number of hydrogen-bond donors (Lipinski definition) is 0. The Labute approximate surface area is 110 Å². The Bertz CT molecular complexity index is 384. The zero-order valence-corrected chi connectivity index (χ0v) is 11.6. The van der Waals surface area contributed by atoms with Crippen molar-refractivity contribution in [3.8, 4) is 0 Å². The molecule has 1 aromatic carbocycles. The average molecular weight is 249 g/mol. The first-order chi connectivity index (χ1) is 8.65. The Kier molecular flexibility index (Phi) is 4.61. The van der Waals surface area contributed by atoms with E-state index in [1.165, 1.54) is 16.8 Å². The number of ether oxygens (including phenoxy) is 2. The Morgan fingerprint density at radius 2 is 1.94 bits per heavy atom. The van der Waals surface area contributed by atoms with Crippen LogP contribution in [0, 0.1) is 6.92 Å². The summed E-state index contributed by atoms with van der Waals surface area (Å²) in [6.07, 6.45) is 0.275. The lowest BCUT2D eigenvalue weighted by molar-refractivity contribution is 0.0657. The maximum Gasteiger partial charge on any atom is 0.0721 e. The van der Waals surface area contributed by atoms with E-state index in [0.717, 1.165) is 26.3 Å². The fourth-order valence-corrected chi connectivity index (χ4v) is 2.19. The van der Waals surface area contributed by atoms with Gasteiger partial charge < -0.3 is 14.4 Å². The van der Waals surface area contributed by atoms with Gasteiger partial charge in [0.15, 0.2) is 0 Å². The van der Waals surface area contributed by atoms with E-state index < -0.39 is 0 Å². The van der Waals surface area contributed by atoms with Gasteiger partial charge in [0.2, 0.25) is 0 Å². The molecule has 1 heterocycles. The summed E-state index contributed by atoms with van der Waals surface area (Å²) in [5.41, 5.74) is 3.84. The number of morpholine rings is 1. The van der Waals surface area contributed by atoms with E-state index >= 15 is 0 Å². The smallest absolute Gasteiger partial charge is 0.0721 e. The first-order valence-corrected chi connectivity index (χ1v) is 6.70. The molecular weight excluding hydrogens is 226 g/mol. The van der Waals surface area contributed by atoms with Crippen LogP contribution in [-0.2, 0) is 16.1 Å². The van der Waals surface area contributed by atoms with Crippen molar-refractivity contribution < 1.29 is 9.47 Å². The molecule has 0 spiro atoms. The van der Waals surface area contributed by atoms with Crippen molar-refractivity contribution in [3.63, 3.8) is 0 Å². The molecule has 0 bridgehead atoms. The molecule has 0 amide bonds. The molecule has 0 N–H and O–H groups in total. The van der Waals surface area contributed by atoms with Crippen molar-refractivity contribution in [2.24, 2.45) is 0 Å². The number of benzene rings is 1. The van der Waals surface area contributed by atoms with Gasteiger partial charge >= 0.3 is 0 Å². The summed E-state index contributed by atoms with van der Waals surface area (Å²) in [6.45, 7) is 10.6. The summed E-state index contributed by atoms with van der Waals surface area (Å²) in [5, 5.41) is 0. The summed E-state index contributed by atoms with van der Waals surface area (Å²) in [5.74, 6) is 0. The fraction of sp³-hybridized carbons (Fsp3) is 0.600. The zero-order chi connectivity index (χ0) is 13.0. The van der Waals surface area contributed by atoms with Gasteiger partial charge in [-0.1, -0.05) is 6.07 Å². The number of aryl methyl sites for hydroxylation is 1. The highest BCUT2D eigenvalue weighted by Crippen LogP contribution is 2.21. The van der Waals surface area contributed by atoms with Crippen molar-refractivity contribution in [2.45, 2.75) is 33.5 Å². The van der Waals surface area contributed by atoms with Crippen molar-refractivity contribution in [2.75, 3.05) is 31.2 Å². The lowest BCUT2D eigenvalue weighted by Gasteiger charge is -2.29. The molecule has 1 aliphatic rings. The van der Waals surface area contributed by atoms with Crippen molar-refractivity contribution in [3.05, 3.63) is 29.3 Å². The Morgan fingerprint density at radius 3 is 2.61 bits per heavy atom. The minimum absolute atomic E-state index is 0.275. The molecular formula is C15H23NO2. The largest absolute Gasteiger partial charge is 0.378 e. The molecule has 1 aliphatic heterocycles. The summed E-state index contributed by atoms with van der Waals surface area (Å²) in [6, 6.07) is 6.68. The van der Waals surface area contributed by atoms with Gasteiger partial charge in [0, 0.05) is 18.8 Å². The highest BCUT2D eigenvalue weighted by atomic mass is 16.5. The van der Waals surface area contributed by atoms with Gasteiger partial charge in [-0.25, -0.2) is 0 Å². The van der Waals surface area contributed by atoms with Crippen molar-refractivity contribution in [1.82, 2.24) is 0 Å². The quantitative estimate of drug-likeness (QED) is 0.819. The summed E-state index contributed by atoms with van der Waals surface area (Å²) < 4.78 is 11.1. The van der Waals surface area contributed by atoms with Crippen LogP contribution in [0.5, 0.6) is 0 Å². The standard InChI is InChI=1S/C15H23NO2/c1-12(2)18-11-14-8-13(3)9-15(10-14)16-4-6-17-7-5-16/h8-10,12H,4-7,11H2,1-3H3. The average Bonchev–Trinajstić information content (AvgIpc) is 2.37. The van der Waals surface area contributed by atoms with Gasteiger partial charge in [-0.15, -0.1) is 0 Å². The Hall–Kier alpha value is -1.06. The van der Waals surface area contributed by atoms with E-state index in [-0.39, 0.29) is 6.10 Å². The molecule has 0 unspecified atom stereocenters. The summed E-state index contributed by atoms with van der Waals surface area (Å²) in [4.78, 5) is 2.38. The number of nitrogens with zero attached hydrogens (tertiary/aromatic N) is 1. The van der Waals surface area contributed by atoms with Crippen molar-refractivity contribution >= 4 is 5.69 Å². The van der Waals surface area contributed by atoms with Gasteiger partial charge in [-0.3, -0.25) is 0 Å². The number of anilines is 1. The van der Waals surface area contributed by atoms with Gasteiger partial charge in [-0.2, -0.15) is 0 Å². The second kappa shape index (κ2) is 6.21. The third-order valence-corrected chi connectivity index (χ3v) is 3.08. The highest BCUT2D eigenvalue weighted by molar-refractivity contribution is 5.51. The van der Waals surface area contributed by atoms with Crippen LogP contribution in [0.4, 0.5) is 5.69 Å². The first kappa shape index (κ1) is 13.4. The number of rotatable bonds is 4. The van der Waals surface area contributed by atoms with Gasteiger partial charge in [-0.05, 0) is 44.0 Å². The van der Waals surface area contributed by atoms with Crippen LogP contribution in [0.25, 0.3) is 0 Å². The van der Waals surface area contributed by atoms with E-state index in [2.05, 4.69) is 43.9 Å². The van der Waals surface area contributed by atoms with Crippen LogP contribution in [0.3, 0.4) is 0 Å². The van der Waals surface area contributed by atoms with Crippen molar-refractivity contribution in [1.29, 1.82) is 0 Å². The maximum atomic E-state index is 5.68. The van der Waals surface area contributed by atoms with Crippen LogP contribution in [0.2, 0.25) is 0 Å². The third kappa shape index (κ3) is 3.72. The molecule has 1 aromatic rings. The second-order valence-electron chi connectivity index (χ2n) is 5.14. The van der Waals surface area contributed by atoms with E-state index in [0.29, 0.717) is 6.61 Å². The maximum absolute atomic E-state index is 5.68. The normalized spacial score (nSPS) is 16.3. The predicted octanol–water partition coefficient (Wildman–Crippen LogP) is 2.76. The predicted molar refractivity (Wildman–Crippen MR) is 74.1 cm³/mol. The molecule has 1 fully saturated rings. The third-order valence-electron chi connectivity index (χ3n) is 3.08. The van der Waals surface area contributed by atoms with Gasteiger partial charge in [0.05, 0.1) is 25.9 Å². The van der Waals surface area contributed by atoms with E-state index in [1.54, 1.807) is 0 Å². The monoisotopic (exact) mass is 249 g/mol. The summed E-state index contributed by atoms with van der Waals surface area (Å²) in [7, 11) is 0. The molecule has 0 aromatic heterocycles. The molecule has 100 valence electrons. The first-order valence-electron chi connectivity index (χ1n) is 6.70. The van der Waals surface area contributed by atoms with Gasteiger partial charge in [0.1, 0.15) is 0 Å². The lowest BCUT2D eigenvalue weighted by Crippen LogP contribution is -2.36. The number of hydrogen-bond acceptors (Lipinski definition) is 3. The topological polar surface area (TPSA) is 21.7 Å². The molecule has 0 atom stereocenters. The minimum atomic E-state index is 0.275.